The highest BCUT2D eigenvalue weighted by atomic mass is 16.5. The maximum Gasteiger partial charge on any atom is 0.234 e. The minimum absolute atomic E-state index is 0.0204. The van der Waals surface area contributed by atoms with Crippen LogP contribution in [0.15, 0.2) is 24.4 Å². The number of aryl methyl sites for hydroxylation is 1. The van der Waals surface area contributed by atoms with E-state index >= 15 is 0 Å². The molecule has 1 atom stereocenters. The van der Waals surface area contributed by atoms with Crippen LogP contribution >= 0.6 is 0 Å². The molecule has 1 aliphatic rings. The molecule has 3 heterocycles. The zero-order valence-electron chi connectivity index (χ0n) is 14.4. The first-order valence-corrected chi connectivity index (χ1v) is 8.66. The van der Waals surface area contributed by atoms with Crippen LogP contribution in [0.25, 0.3) is 0 Å². The first-order chi connectivity index (χ1) is 12.2. The quantitative estimate of drug-likeness (QED) is 0.773. The Morgan fingerprint density at radius 2 is 2.40 bits per heavy atom. The van der Waals surface area contributed by atoms with E-state index in [2.05, 4.69) is 37.3 Å². The molecule has 25 heavy (non-hydrogen) atoms. The van der Waals surface area contributed by atoms with Crippen LogP contribution < -0.4 is 5.32 Å². The number of aromatic nitrogens is 4. The van der Waals surface area contributed by atoms with Crippen LogP contribution in [0.2, 0.25) is 0 Å². The van der Waals surface area contributed by atoms with Crippen LogP contribution in [-0.2, 0) is 22.5 Å². The number of carbonyl (C=O) groups excluding carboxylic acids is 1. The van der Waals surface area contributed by atoms with Crippen molar-refractivity contribution in [3.8, 4) is 0 Å². The van der Waals surface area contributed by atoms with Gasteiger partial charge in [0, 0.05) is 25.7 Å². The molecule has 2 aromatic heterocycles. The molecule has 8 nitrogen and oxygen atoms in total. The van der Waals surface area contributed by atoms with Crippen molar-refractivity contribution in [2.24, 2.45) is 0 Å². The zero-order valence-corrected chi connectivity index (χ0v) is 14.4. The van der Waals surface area contributed by atoms with Gasteiger partial charge in [-0.3, -0.25) is 19.8 Å². The lowest BCUT2D eigenvalue weighted by molar-refractivity contribution is -0.124. The molecule has 8 heteroatoms. The third-order valence-corrected chi connectivity index (χ3v) is 4.03. The summed E-state index contributed by atoms with van der Waals surface area (Å²) in [6, 6.07) is 5.65. The third-order valence-electron chi connectivity index (χ3n) is 4.03. The number of ether oxygens (including phenoxy) is 1. The van der Waals surface area contributed by atoms with Crippen LogP contribution in [0.4, 0.5) is 0 Å². The Morgan fingerprint density at radius 1 is 1.48 bits per heavy atom. The fourth-order valence-electron chi connectivity index (χ4n) is 2.76. The van der Waals surface area contributed by atoms with E-state index in [0.717, 1.165) is 30.9 Å². The molecule has 0 unspecified atom stereocenters. The lowest BCUT2D eigenvalue weighted by Gasteiger charge is -2.30. The average Bonchev–Trinajstić information content (AvgIpc) is 3.10. The summed E-state index contributed by atoms with van der Waals surface area (Å²) < 4.78 is 5.77. The topological polar surface area (TPSA) is 96.0 Å². The fourth-order valence-corrected chi connectivity index (χ4v) is 2.76. The summed E-state index contributed by atoms with van der Waals surface area (Å²) in [5.74, 6) is 1.53. The van der Waals surface area contributed by atoms with Crippen LogP contribution in [0.1, 0.15) is 36.8 Å². The number of carbonyl (C=O) groups is 1. The Morgan fingerprint density at radius 3 is 3.20 bits per heavy atom. The van der Waals surface area contributed by atoms with Crippen LogP contribution in [0, 0.1) is 0 Å². The fraction of sp³-hybridized carbons (Fsp3) is 0.529. The minimum atomic E-state index is -0.195. The molecule has 2 aromatic rings. The molecule has 0 bridgehead atoms. The number of morpholine rings is 1. The van der Waals surface area contributed by atoms with Crippen molar-refractivity contribution in [1.82, 2.24) is 30.4 Å². The molecule has 0 aliphatic carbocycles. The summed E-state index contributed by atoms with van der Waals surface area (Å²) in [6.45, 7) is 4.77. The van der Waals surface area contributed by atoms with E-state index in [-0.39, 0.29) is 12.0 Å². The van der Waals surface area contributed by atoms with Crippen molar-refractivity contribution in [3.63, 3.8) is 0 Å². The standard InChI is InChI=1S/C17H24N6O2/c1-2-5-15-20-17(22-21-15)14-11-23(8-9-25-14)12-16(24)19-10-13-6-3-4-7-18-13/h3-4,6-7,14H,2,5,8-12H2,1H3,(H,19,24)(H,20,21,22)/t14-/m0/s1. The number of hydrogen-bond acceptors (Lipinski definition) is 6. The number of nitrogens with one attached hydrogen (secondary N) is 2. The Balaban J connectivity index is 1.48. The Labute approximate surface area is 147 Å². The summed E-state index contributed by atoms with van der Waals surface area (Å²) in [5, 5.41) is 10.1. The Hall–Kier alpha value is -2.32. The highest BCUT2D eigenvalue weighted by Gasteiger charge is 2.26. The predicted octanol–water partition coefficient (Wildman–Crippen LogP) is 0.842. The van der Waals surface area contributed by atoms with E-state index in [0.29, 0.717) is 32.1 Å². The first-order valence-electron chi connectivity index (χ1n) is 8.66. The second-order valence-electron chi connectivity index (χ2n) is 6.08. The molecule has 1 aliphatic heterocycles. The molecule has 3 rings (SSSR count). The van der Waals surface area contributed by atoms with Gasteiger partial charge in [-0.05, 0) is 18.6 Å². The van der Waals surface area contributed by atoms with Crippen molar-refractivity contribution in [2.45, 2.75) is 32.4 Å². The number of nitrogens with zero attached hydrogens (tertiary/aromatic N) is 4. The molecule has 0 radical (unpaired) electrons. The molecule has 1 saturated heterocycles. The summed E-state index contributed by atoms with van der Waals surface area (Å²) in [6.07, 6.45) is 3.42. The molecular formula is C17H24N6O2. The van der Waals surface area contributed by atoms with Gasteiger partial charge in [-0.1, -0.05) is 13.0 Å². The van der Waals surface area contributed by atoms with Gasteiger partial charge in [0.05, 0.1) is 25.4 Å². The molecule has 1 amide bonds. The van der Waals surface area contributed by atoms with Crippen molar-refractivity contribution in [2.75, 3.05) is 26.2 Å². The van der Waals surface area contributed by atoms with Crippen molar-refractivity contribution >= 4 is 5.91 Å². The maximum atomic E-state index is 12.2. The molecule has 0 saturated carbocycles. The minimum Gasteiger partial charge on any atom is -0.367 e. The lowest BCUT2D eigenvalue weighted by atomic mass is 10.2. The van der Waals surface area contributed by atoms with Gasteiger partial charge in [0.1, 0.15) is 11.9 Å². The van der Waals surface area contributed by atoms with Crippen molar-refractivity contribution in [1.29, 1.82) is 0 Å². The largest absolute Gasteiger partial charge is 0.367 e. The Bertz CT molecular complexity index is 675. The first kappa shape index (κ1) is 17.5. The number of hydrogen-bond donors (Lipinski definition) is 2. The number of pyridine rings is 1. The zero-order chi connectivity index (χ0) is 17.5. The SMILES string of the molecule is CCCc1nc([C@@H]2CN(CC(=O)NCc3ccccn3)CCO2)n[nH]1. The molecule has 0 spiro atoms. The lowest BCUT2D eigenvalue weighted by Crippen LogP contribution is -2.44. The van der Waals surface area contributed by atoms with Gasteiger partial charge in [-0.2, -0.15) is 5.10 Å². The molecule has 2 N–H and O–H groups in total. The van der Waals surface area contributed by atoms with Crippen LogP contribution in [-0.4, -0.2) is 57.2 Å². The van der Waals surface area contributed by atoms with Crippen molar-refractivity contribution in [3.05, 3.63) is 41.7 Å². The predicted molar refractivity (Wildman–Crippen MR) is 91.6 cm³/mol. The number of H-pyrrole nitrogens is 1. The smallest absolute Gasteiger partial charge is 0.234 e. The van der Waals surface area contributed by atoms with Gasteiger partial charge in [-0.25, -0.2) is 4.98 Å². The van der Waals surface area contributed by atoms with E-state index in [9.17, 15) is 4.79 Å². The Kier molecular flexibility index (Phi) is 6.08. The summed E-state index contributed by atoms with van der Waals surface area (Å²) in [5.41, 5.74) is 0.847. The van der Waals surface area contributed by atoms with E-state index in [1.807, 2.05) is 18.2 Å². The number of amides is 1. The van der Waals surface area contributed by atoms with E-state index in [1.54, 1.807) is 6.20 Å². The molecule has 1 fully saturated rings. The monoisotopic (exact) mass is 344 g/mol. The van der Waals surface area contributed by atoms with Crippen molar-refractivity contribution < 1.29 is 9.53 Å². The maximum absolute atomic E-state index is 12.2. The highest BCUT2D eigenvalue weighted by Crippen LogP contribution is 2.19. The van der Waals surface area contributed by atoms with E-state index in [4.69, 9.17) is 4.74 Å². The number of rotatable bonds is 7. The van der Waals surface area contributed by atoms with Gasteiger partial charge >= 0.3 is 0 Å². The third kappa shape index (κ3) is 5.07. The van der Waals surface area contributed by atoms with Gasteiger partial charge < -0.3 is 10.1 Å². The van der Waals surface area contributed by atoms with Crippen LogP contribution in [0.3, 0.4) is 0 Å². The van der Waals surface area contributed by atoms with Gasteiger partial charge in [0.2, 0.25) is 5.91 Å². The van der Waals surface area contributed by atoms with Gasteiger partial charge in [0.15, 0.2) is 5.82 Å². The van der Waals surface area contributed by atoms with E-state index < -0.39 is 0 Å². The summed E-state index contributed by atoms with van der Waals surface area (Å²) >= 11 is 0. The molecule has 0 aromatic carbocycles. The van der Waals surface area contributed by atoms with Gasteiger partial charge in [-0.15, -0.1) is 0 Å². The average molecular weight is 344 g/mol. The number of aromatic amines is 1. The van der Waals surface area contributed by atoms with E-state index in [1.165, 1.54) is 0 Å². The highest BCUT2D eigenvalue weighted by molar-refractivity contribution is 5.77. The van der Waals surface area contributed by atoms with Crippen LogP contribution in [0.5, 0.6) is 0 Å². The summed E-state index contributed by atoms with van der Waals surface area (Å²) in [7, 11) is 0. The second kappa shape index (κ2) is 8.68. The van der Waals surface area contributed by atoms with Gasteiger partial charge in [0.25, 0.3) is 0 Å². The molecule has 134 valence electrons. The summed E-state index contributed by atoms with van der Waals surface area (Å²) in [4.78, 5) is 22.9. The molecular weight excluding hydrogens is 320 g/mol. The normalized spacial score (nSPS) is 18.2. The second-order valence-corrected chi connectivity index (χ2v) is 6.08.